The molecule has 7 heteroatoms. The summed E-state index contributed by atoms with van der Waals surface area (Å²) in [6, 6.07) is 26.0. The zero-order valence-electron chi connectivity index (χ0n) is 18.0. The Morgan fingerprint density at radius 2 is 1.41 bits per heavy atom. The molecule has 3 rings (SSSR count). The number of aliphatic hydroxyl groups is 1. The Morgan fingerprint density at radius 1 is 0.844 bits per heavy atom. The molecule has 0 saturated heterocycles. The van der Waals surface area contributed by atoms with Gasteiger partial charge in [-0.15, -0.1) is 0 Å². The molecule has 3 aromatic rings. The third kappa shape index (κ3) is 7.61. The number of aromatic nitrogens is 1. The number of benzene rings is 2. The predicted octanol–water partition coefficient (Wildman–Crippen LogP) is 3.04. The number of rotatable bonds is 8. The lowest BCUT2D eigenvalue weighted by Gasteiger charge is -2.30. The van der Waals surface area contributed by atoms with E-state index in [-0.39, 0.29) is 0 Å². The van der Waals surface area contributed by atoms with Crippen molar-refractivity contribution in [1.82, 2.24) is 9.88 Å². The van der Waals surface area contributed by atoms with Gasteiger partial charge in [0.05, 0.1) is 5.69 Å². The summed E-state index contributed by atoms with van der Waals surface area (Å²) in [6.07, 6.45) is 3.34. The van der Waals surface area contributed by atoms with Crippen molar-refractivity contribution in [2.75, 3.05) is 20.1 Å². The summed E-state index contributed by atoms with van der Waals surface area (Å²) in [5, 5.41) is 26.3. The maximum Gasteiger partial charge on any atom is 0.414 e. The lowest BCUT2D eigenvalue weighted by atomic mass is 9.86. The van der Waals surface area contributed by atoms with Crippen molar-refractivity contribution < 1.29 is 24.9 Å². The lowest BCUT2D eigenvalue weighted by molar-refractivity contribution is -0.159. The molecule has 1 heterocycles. The maximum atomic E-state index is 11.5. The van der Waals surface area contributed by atoms with E-state index in [9.17, 15) is 5.11 Å². The van der Waals surface area contributed by atoms with E-state index in [0.29, 0.717) is 12.1 Å². The monoisotopic (exact) mass is 436 g/mol. The molecule has 32 heavy (non-hydrogen) atoms. The van der Waals surface area contributed by atoms with Crippen molar-refractivity contribution >= 4 is 11.9 Å². The van der Waals surface area contributed by atoms with Crippen LogP contribution in [0.2, 0.25) is 0 Å². The van der Waals surface area contributed by atoms with Gasteiger partial charge < -0.3 is 20.2 Å². The number of pyridine rings is 1. The molecule has 1 atom stereocenters. The Kier molecular flexibility index (Phi) is 9.53. The van der Waals surface area contributed by atoms with Gasteiger partial charge >= 0.3 is 11.9 Å². The van der Waals surface area contributed by atoms with Crippen LogP contribution < -0.4 is 0 Å². The summed E-state index contributed by atoms with van der Waals surface area (Å²) in [7, 11) is 2.10. The number of hydrogen-bond donors (Lipinski definition) is 3. The number of likely N-dealkylation sites (N-methyl/N-ethyl adjacent to an activating group) is 1. The first-order valence-electron chi connectivity index (χ1n) is 10.2. The second-order valence-electron chi connectivity index (χ2n) is 7.34. The summed E-state index contributed by atoms with van der Waals surface area (Å²) in [4.78, 5) is 24.9. The fraction of sp³-hybridized carbons (Fsp3) is 0.240. The average molecular weight is 437 g/mol. The van der Waals surface area contributed by atoms with Crippen LogP contribution in [0.1, 0.15) is 23.2 Å². The quantitative estimate of drug-likeness (QED) is 0.466. The highest BCUT2D eigenvalue weighted by atomic mass is 16.4. The number of aliphatic carboxylic acids is 2. The molecule has 0 bridgehead atoms. The van der Waals surface area contributed by atoms with Gasteiger partial charge in [0.1, 0.15) is 5.60 Å². The third-order valence-corrected chi connectivity index (χ3v) is 5.00. The average Bonchev–Trinajstić information content (AvgIpc) is 2.83. The highest BCUT2D eigenvalue weighted by Crippen LogP contribution is 2.31. The molecule has 0 fully saturated rings. The molecule has 0 spiro atoms. The summed E-state index contributed by atoms with van der Waals surface area (Å²) in [6.45, 7) is 1.74. The molecular formula is C25H28N2O5. The van der Waals surface area contributed by atoms with Gasteiger partial charge in [-0.2, -0.15) is 0 Å². The van der Waals surface area contributed by atoms with Crippen LogP contribution in [0.3, 0.4) is 0 Å². The van der Waals surface area contributed by atoms with Gasteiger partial charge in [-0.1, -0.05) is 66.7 Å². The highest BCUT2D eigenvalue weighted by molar-refractivity contribution is 6.27. The van der Waals surface area contributed by atoms with Crippen molar-refractivity contribution in [2.24, 2.45) is 0 Å². The van der Waals surface area contributed by atoms with Gasteiger partial charge in [0.2, 0.25) is 0 Å². The smallest absolute Gasteiger partial charge is 0.414 e. The first kappa shape index (κ1) is 24.7. The largest absolute Gasteiger partial charge is 0.473 e. The molecule has 168 valence electrons. The van der Waals surface area contributed by atoms with Gasteiger partial charge in [0.25, 0.3) is 0 Å². The molecule has 3 N–H and O–H groups in total. The third-order valence-electron chi connectivity index (χ3n) is 5.00. The van der Waals surface area contributed by atoms with Gasteiger partial charge in [-0.3, -0.25) is 4.98 Å². The van der Waals surface area contributed by atoms with Gasteiger partial charge in [0.15, 0.2) is 0 Å². The van der Waals surface area contributed by atoms with Gasteiger partial charge in [0, 0.05) is 19.3 Å². The van der Waals surface area contributed by atoms with E-state index < -0.39 is 17.5 Å². The zero-order chi connectivity index (χ0) is 23.4. The minimum atomic E-state index is -1.82. The summed E-state index contributed by atoms with van der Waals surface area (Å²) in [5.74, 6) is -3.65. The number of carbonyl (C=O) groups is 2. The fourth-order valence-electron chi connectivity index (χ4n) is 3.17. The topological polar surface area (TPSA) is 111 Å². The Labute approximate surface area is 187 Å². The van der Waals surface area contributed by atoms with E-state index >= 15 is 0 Å². The van der Waals surface area contributed by atoms with Crippen LogP contribution in [-0.2, 0) is 21.6 Å². The summed E-state index contributed by atoms with van der Waals surface area (Å²) >= 11 is 0. The molecule has 1 aromatic heterocycles. The predicted molar refractivity (Wildman–Crippen MR) is 121 cm³/mol. The number of carboxylic acids is 2. The molecule has 0 amide bonds. The number of nitrogens with zero attached hydrogens (tertiary/aromatic N) is 2. The standard InChI is InChI=1S/C23H26N2O.C2H2O4/c1-25(18-15-20-10-4-2-5-11-20)19-16-23(26,21-12-6-3-7-13-21)22-14-8-9-17-24-22;3-1(4)2(5)6/h2-14,17,26H,15-16,18-19H2,1H3;(H,3,4)(H,5,6). The number of hydrogen-bond acceptors (Lipinski definition) is 5. The van der Waals surface area contributed by atoms with Crippen molar-refractivity contribution in [2.45, 2.75) is 18.4 Å². The molecule has 2 aromatic carbocycles. The first-order valence-corrected chi connectivity index (χ1v) is 10.2. The lowest BCUT2D eigenvalue weighted by Crippen LogP contribution is -2.34. The van der Waals surface area contributed by atoms with E-state index in [1.54, 1.807) is 6.20 Å². The Morgan fingerprint density at radius 3 is 1.94 bits per heavy atom. The molecule has 0 radical (unpaired) electrons. The zero-order valence-corrected chi connectivity index (χ0v) is 18.0. The normalized spacial score (nSPS) is 12.3. The molecule has 1 unspecified atom stereocenters. The van der Waals surface area contributed by atoms with Crippen molar-refractivity contribution in [1.29, 1.82) is 0 Å². The second-order valence-corrected chi connectivity index (χ2v) is 7.34. The molecule has 7 nitrogen and oxygen atoms in total. The van der Waals surface area contributed by atoms with Crippen molar-refractivity contribution in [3.05, 3.63) is 102 Å². The number of carboxylic acid groups (broad SMARTS) is 2. The van der Waals surface area contributed by atoms with E-state index in [1.807, 2.05) is 54.6 Å². The van der Waals surface area contributed by atoms with E-state index in [4.69, 9.17) is 19.8 Å². The van der Waals surface area contributed by atoms with Crippen LogP contribution in [0.5, 0.6) is 0 Å². The summed E-state index contributed by atoms with van der Waals surface area (Å²) < 4.78 is 0. The highest BCUT2D eigenvalue weighted by Gasteiger charge is 2.32. The Balaban J connectivity index is 0.000000534. The fourth-order valence-corrected chi connectivity index (χ4v) is 3.17. The Hall–Kier alpha value is -3.55. The van der Waals surface area contributed by atoms with Crippen LogP contribution in [-0.4, -0.2) is 57.3 Å². The van der Waals surface area contributed by atoms with Gasteiger partial charge in [-0.05, 0) is 43.1 Å². The van der Waals surface area contributed by atoms with Crippen LogP contribution >= 0.6 is 0 Å². The Bertz CT molecular complexity index is 914. The second kappa shape index (κ2) is 12.3. The minimum absolute atomic E-state index is 0.597. The van der Waals surface area contributed by atoms with Crippen LogP contribution in [0, 0.1) is 0 Å². The minimum Gasteiger partial charge on any atom is -0.473 e. The van der Waals surface area contributed by atoms with Gasteiger partial charge in [-0.25, -0.2) is 9.59 Å². The maximum absolute atomic E-state index is 11.5. The first-order chi connectivity index (χ1) is 15.3. The van der Waals surface area contributed by atoms with Crippen molar-refractivity contribution in [3.63, 3.8) is 0 Å². The van der Waals surface area contributed by atoms with Crippen LogP contribution in [0.15, 0.2) is 85.1 Å². The SMILES string of the molecule is CN(CCc1ccccc1)CCC(O)(c1ccccc1)c1ccccn1.O=C(O)C(=O)O. The molecule has 0 saturated carbocycles. The molecular weight excluding hydrogens is 408 g/mol. The molecule has 0 aliphatic heterocycles. The molecule has 0 aliphatic carbocycles. The molecule has 0 aliphatic rings. The van der Waals surface area contributed by atoms with Crippen molar-refractivity contribution in [3.8, 4) is 0 Å². The summed E-state index contributed by atoms with van der Waals surface area (Å²) in [5.41, 5.74) is 1.84. The van der Waals surface area contributed by atoms with E-state index in [0.717, 1.165) is 25.1 Å². The van der Waals surface area contributed by atoms with E-state index in [2.05, 4.69) is 41.2 Å². The van der Waals surface area contributed by atoms with Crippen LogP contribution in [0.25, 0.3) is 0 Å². The van der Waals surface area contributed by atoms with E-state index in [1.165, 1.54) is 5.56 Å². The van der Waals surface area contributed by atoms with Crippen LogP contribution in [0.4, 0.5) is 0 Å².